The summed E-state index contributed by atoms with van der Waals surface area (Å²) in [6, 6.07) is 0. The molecule has 0 unspecified atom stereocenters. The minimum atomic E-state index is -0.610. The Morgan fingerprint density at radius 1 is 1.36 bits per heavy atom. The van der Waals surface area contributed by atoms with Gasteiger partial charge in [0.05, 0.1) is 0 Å². The van der Waals surface area contributed by atoms with Crippen LogP contribution < -0.4 is 0 Å². The first-order valence-corrected chi connectivity index (χ1v) is 5.31. The van der Waals surface area contributed by atoms with Crippen molar-refractivity contribution in [1.82, 2.24) is 0 Å². The number of ether oxygens (including phenoxy) is 1. The van der Waals surface area contributed by atoms with Crippen LogP contribution in [0.5, 0.6) is 0 Å². The van der Waals surface area contributed by atoms with Gasteiger partial charge in [-0.3, -0.25) is 4.79 Å². The van der Waals surface area contributed by atoms with E-state index in [4.69, 9.17) is 0 Å². The molecule has 0 fully saturated rings. The Balaban J connectivity index is 2.64. The zero-order valence-electron chi connectivity index (χ0n) is 7.96. The topological polar surface area (TPSA) is 60.4 Å². The summed E-state index contributed by atoms with van der Waals surface area (Å²) < 4.78 is 4.38. The third-order valence-corrected chi connectivity index (χ3v) is 2.66. The molecule has 5 heteroatoms. The summed E-state index contributed by atoms with van der Waals surface area (Å²) in [4.78, 5) is 33.0. The van der Waals surface area contributed by atoms with Crippen LogP contribution in [0.15, 0.2) is 11.1 Å². The van der Waals surface area contributed by atoms with Gasteiger partial charge >= 0.3 is 11.9 Å². The second-order valence-electron chi connectivity index (χ2n) is 2.86. The van der Waals surface area contributed by atoms with Crippen molar-refractivity contribution in [1.29, 1.82) is 0 Å². The van der Waals surface area contributed by atoms with Crippen LogP contribution in [-0.2, 0) is 19.1 Å². The molecule has 1 aliphatic heterocycles. The van der Waals surface area contributed by atoms with E-state index in [2.05, 4.69) is 4.74 Å². The van der Waals surface area contributed by atoms with Gasteiger partial charge in [-0.05, 0) is 19.6 Å². The lowest BCUT2D eigenvalue weighted by Crippen LogP contribution is -2.03. The van der Waals surface area contributed by atoms with Crippen LogP contribution >= 0.6 is 11.8 Å². The van der Waals surface area contributed by atoms with Crippen molar-refractivity contribution in [2.75, 3.05) is 6.26 Å². The first-order valence-electron chi connectivity index (χ1n) is 4.09. The second-order valence-corrected chi connectivity index (χ2v) is 3.72. The van der Waals surface area contributed by atoms with E-state index in [9.17, 15) is 14.4 Å². The third-order valence-electron chi connectivity index (χ3n) is 2.00. The summed E-state index contributed by atoms with van der Waals surface area (Å²) in [7, 11) is 0. The van der Waals surface area contributed by atoms with Crippen LogP contribution in [0, 0.1) is 0 Å². The SMILES string of the molecule is CSC(=O)CCC1=C(C)C(=O)OC1=O. The van der Waals surface area contributed by atoms with Crippen molar-refractivity contribution in [3.63, 3.8) is 0 Å². The average Bonchev–Trinajstić information content (AvgIpc) is 2.39. The number of rotatable bonds is 3. The summed E-state index contributed by atoms with van der Waals surface area (Å²) in [5.41, 5.74) is 0.654. The molecule has 0 N–H and O–H groups in total. The molecule has 1 aliphatic rings. The second kappa shape index (κ2) is 4.41. The molecule has 0 aromatic carbocycles. The predicted octanol–water partition coefficient (Wildman–Crippen LogP) is 1.06. The van der Waals surface area contributed by atoms with E-state index in [-0.39, 0.29) is 18.0 Å². The summed E-state index contributed by atoms with van der Waals surface area (Å²) in [6.45, 7) is 1.53. The smallest absolute Gasteiger partial charge is 0.342 e. The Bertz CT molecular complexity index is 330. The minimum Gasteiger partial charge on any atom is -0.386 e. The van der Waals surface area contributed by atoms with Crippen molar-refractivity contribution < 1.29 is 19.1 Å². The molecule has 0 radical (unpaired) electrons. The van der Waals surface area contributed by atoms with Crippen LogP contribution in [0.2, 0.25) is 0 Å². The van der Waals surface area contributed by atoms with E-state index < -0.39 is 11.9 Å². The Morgan fingerprint density at radius 3 is 2.43 bits per heavy atom. The van der Waals surface area contributed by atoms with Crippen molar-refractivity contribution in [2.45, 2.75) is 19.8 Å². The predicted molar refractivity (Wildman–Crippen MR) is 51.6 cm³/mol. The molecule has 0 amide bonds. The van der Waals surface area contributed by atoms with Crippen LogP contribution in [0.3, 0.4) is 0 Å². The fraction of sp³-hybridized carbons (Fsp3) is 0.444. The van der Waals surface area contributed by atoms with Crippen LogP contribution in [-0.4, -0.2) is 23.3 Å². The summed E-state index contributed by atoms with van der Waals surface area (Å²) >= 11 is 1.11. The maximum absolute atomic E-state index is 11.1. The number of esters is 2. The maximum atomic E-state index is 11.1. The molecule has 0 aromatic heterocycles. The minimum absolute atomic E-state index is 0.00236. The van der Waals surface area contributed by atoms with Gasteiger partial charge in [0.25, 0.3) is 0 Å². The van der Waals surface area contributed by atoms with Crippen molar-refractivity contribution >= 4 is 28.8 Å². The molecule has 0 aliphatic carbocycles. The Morgan fingerprint density at radius 2 is 2.00 bits per heavy atom. The average molecular weight is 214 g/mol. The largest absolute Gasteiger partial charge is 0.386 e. The van der Waals surface area contributed by atoms with Gasteiger partial charge in [-0.15, -0.1) is 0 Å². The monoisotopic (exact) mass is 214 g/mol. The Kier molecular flexibility index (Phi) is 3.46. The van der Waals surface area contributed by atoms with E-state index in [1.807, 2.05) is 0 Å². The van der Waals surface area contributed by atoms with Gasteiger partial charge in [-0.1, -0.05) is 11.8 Å². The van der Waals surface area contributed by atoms with E-state index in [0.29, 0.717) is 11.1 Å². The summed E-state index contributed by atoms with van der Waals surface area (Å²) in [5, 5.41) is -0.00236. The molecular weight excluding hydrogens is 204 g/mol. The fourth-order valence-corrected chi connectivity index (χ4v) is 1.42. The van der Waals surface area contributed by atoms with Gasteiger partial charge in [0.2, 0.25) is 0 Å². The van der Waals surface area contributed by atoms with E-state index in [1.165, 1.54) is 6.92 Å². The highest BCUT2D eigenvalue weighted by Crippen LogP contribution is 2.22. The molecule has 0 bridgehead atoms. The maximum Gasteiger partial charge on any atom is 0.342 e. The van der Waals surface area contributed by atoms with Gasteiger partial charge in [-0.2, -0.15) is 0 Å². The van der Waals surface area contributed by atoms with Crippen LogP contribution in [0.4, 0.5) is 0 Å². The van der Waals surface area contributed by atoms with Crippen molar-refractivity contribution in [2.24, 2.45) is 0 Å². The van der Waals surface area contributed by atoms with Crippen molar-refractivity contribution in [3.8, 4) is 0 Å². The van der Waals surface area contributed by atoms with E-state index in [1.54, 1.807) is 6.26 Å². The molecule has 0 saturated carbocycles. The number of hydrogen-bond acceptors (Lipinski definition) is 5. The number of thioether (sulfide) groups is 1. The lowest BCUT2D eigenvalue weighted by Gasteiger charge is -1.97. The molecule has 0 atom stereocenters. The lowest BCUT2D eigenvalue weighted by atomic mass is 10.1. The lowest BCUT2D eigenvalue weighted by molar-refractivity contribution is -0.151. The number of cyclic esters (lactones) is 2. The number of hydrogen-bond donors (Lipinski definition) is 0. The van der Waals surface area contributed by atoms with Gasteiger partial charge < -0.3 is 4.74 Å². The molecular formula is C9H10O4S. The van der Waals surface area contributed by atoms with Gasteiger partial charge in [0.1, 0.15) is 0 Å². The molecule has 4 nitrogen and oxygen atoms in total. The standard InChI is InChI=1S/C9H10O4S/c1-5-6(3-4-7(10)14-2)9(12)13-8(5)11/h3-4H2,1-2H3. The molecule has 76 valence electrons. The third kappa shape index (κ3) is 2.23. The molecule has 14 heavy (non-hydrogen) atoms. The highest BCUT2D eigenvalue weighted by atomic mass is 32.2. The molecule has 0 saturated heterocycles. The van der Waals surface area contributed by atoms with E-state index >= 15 is 0 Å². The highest BCUT2D eigenvalue weighted by Gasteiger charge is 2.29. The van der Waals surface area contributed by atoms with Gasteiger partial charge in [-0.25, -0.2) is 9.59 Å². The number of carbonyl (C=O) groups excluding carboxylic acids is 3. The Hall–Kier alpha value is -1.10. The Labute approximate surface area is 85.7 Å². The zero-order chi connectivity index (χ0) is 10.7. The first-order chi connectivity index (χ1) is 6.56. The molecule has 1 rings (SSSR count). The zero-order valence-corrected chi connectivity index (χ0v) is 8.77. The molecule has 0 spiro atoms. The van der Waals surface area contributed by atoms with Crippen LogP contribution in [0.1, 0.15) is 19.8 Å². The molecule has 1 heterocycles. The quantitative estimate of drug-likeness (QED) is 0.519. The van der Waals surface area contributed by atoms with Gasteiger partial charge in [0.15, 0.2) is 5.12 Å². The highest BCUT2D eigenvalue weighted by molar-refractivity contribution is 8.13. The summed E-state index contributed by atoms with van der Waals surface area (Å²) in [6.07, 6.45) is 2.23. The van der Waals surface area contributed by atoms with E-state index in [0.717, 1.165) is 11.8 Å². The number of carbonyl (C=O) groups is 3. The van der Waals surface area contributed by atoms with Crippen LogP contribution in [0.25, 0.3) is 0 Å². The fourth-order valence-electron chi connectivity index (χ4n) is 1.12. The van der Waals surface area contributed by atoms with Crippen molar-refractivity contribution in [3.05, 3.63) is 11.1 Å². The van der Waals surface area contributed by atoms with Gasteiger partial charge in [0, 0.05) is 17.6 Å². The summed E-state index contributed by atoms with van der Waals surface area (Å²) in [5.74, 6) is -1.21. The molecule has 0 aromatic rings. The first kappa shape index (κ1) is 11.0. The normalized spacial score (nSPS) is 16.1.